The predicted molar refractivity (Wildman–Crippen MR) is 155 cm³/mol. The van der Waals surface area contributed by atoms with Gasteiger partial charge in [0.15, 0.2) is 5.16 Å². The Hall–Kier alpha value is -2.18. The summed E-state index contributed by atoms with van der Waals surface area (Å²) in [7, 11) is 4.08. The van der Waals surface area contributed by atoms with Crippen molar-refractivity contribution in [2.75, 3.05) is 19.0 Å². The molecule has 2 aromatic carbocycles. The number of halogens is 3. The monoisotopic (exact) mass is 558 g/mol. The maximum atomic E-state index is 6.55. The van der Waals surface area contributed by atoms with Gasteiger partial charge in [0.1, 0.15) is 5.82 Å². The molecule has 188 valence electrons. The fourth-order valence-corrected chi connectivity index (χ4v) is 5.96. The Labute approximate surface area is 232 Å². The molecule has 4 nitrogen and oxygen atoms in total. The lowest BCUT2D eigenvalue weighted by Gasteiger charge is -2.22. The summed E-state index contributed by atoms with van der Waals surface area (Å²) in [5.74, 6) is 0.946. The van der Waals surface area contributed by atoms with Crippen molar-refractivity contribution in [2.24, 2.45) is 0 Å². The third-order valence-corrected chi connectivity index (χ3v) is 7.89. The van der Waals surface area contributed by atoms with Crippen LogP contribution in [-0.4, -0.2) is 34.2 Å². The van der Waals surface area contributed by atoms with E-state index < -0.39 is 0 Å². The number of hydrogen-bond acceptors (Lipinski definition) is 4. The van der Waals surface area contributed by atoms with Crippen LogP contribution in [0.2, 0.25) is 5.02 Å². The number of alkyl halides is 1. The van der Waals surface area contributed by atoms with Crippen molar-refractivity contribution in [1.82, 2.24) is 14.8 Å². The summed E-state index contributed by atoms with van der Waals surface area (Å²) in [6, 6.07) is 16.4. The van der Waals surface area contributed by atoms with Gasteiger partial charge in [-0.2, -0.15) is 0 Å². The smallest absolute Gasteiger partial charge is 0.196 e. The second-order valence-corrected chi connectivity index (χ2v) is 11.2. The van der Waals surface area contributed by atoms with E-state index in [4.69, 9.17) is 34.8 Å². The Morgan fingerprint density at radius 1 is 1.06 bits per heavy atom. The molecule has 3 aromatic rings. The fourth-order valence-electron chi connectivity index (χ4n) is 4.03. The molecule has 1 aromatic heterocycles. The number of aromatic nitrogens is 3. The van der Waals surface area contributed by atoms with E-state index in [1.165, 1.54) is 0 Å². The zero-order valence-electron chi connectivity index (χ0n) is 20.5. The van der Waals surface area contributed by atoms with Gasteiger partial charge in [0.25, 0.3) is 0 Å². The Bertz CT molecular complexity index is 1260. The topological polar surface area (TPSA) is 34.0 Å². The van der Waals surface area contributed by atoms with Crippen LogP contribution in [-0.2, 0) is 6.42 Å². The summed E-state index contributed by atoms with van der Waals surface area (Å²) >= 11 is 20.8. The maximum absolute atomic E-state index is 6.55. The lowest BCUT2D eigenvalue weighted by molar-refractivity contribution is 0.783. The summed E-state index contributed by atoms with van der Waals surface area (Å²) < 4.78 is 2.17. The van der Waals surface area contributed by atoms with Gasteiger partial charge < -0.3 is 4.90 Å². The van der Waals surface area contributed by atoms with Gasteiger partial charge in [-0.1, -0.05) is 66.2 Å². The third-order valence-electron chi connectivity index (χ3n) is 5.85. The molecular formula is C28H29Cl3N4S. The standard InChI is InChI=1S/C28H29Cl3N4S/c1-4-6-26-32-33-28(35(26)25-15-13-24(14-16-25)34(2)3)36-27(19-9-11-21(29)12-10-19)20-7-5-8-22(30)18-23(31)17-20/h5,8-18,22,27H,4,6-7H2,1-3H3/b8-5-,20-17+,23-18?. The Kier molecular flexibility index (Phi) is 9.24. The minimum atomic E-state index is -0.221. The van der Waals surface area contributed by atoms with Gasteiger partial charge in [0.2, 0.25) is 0 Å². The summed E-state index contributed by atoms with van der Waals surface area (Å²) in [5.41, 5.74) is 4.45. The summed E-state index contributed by atoms with van der Waals surface area (Å²) in [6.45, 7) is 2.15. The third kappa shape index (κ3) is 6.57. The first-order valence-electron chi connectivity index (χ1n) is 11.9. The van der Waals surface area contributed by atoms with Crippen LogP contribution in [0.4, 0.5) is 5.69 Å². The van der Waals surface area contributed by atoms with Gasteiger partial charge in [-0.05, 0) is 72.5 Å². The molecular weight excluding hydrogens is 531 g/mol. The lowest BCUT2D eigenvalue weighted by atomic mass is 9.99. The molecule has 0 fully saturated rings. The maximum Gasteiger partial charge on any atom is 0.196 e. The quantitative estimate of drug-likeness (QED) is 0.158. The molecule has 1 aliphatic carbocycles. The largest absolute Gasteiger partial charge is 0.378 e. The number of nitrogens with zero attached hydrogens (tertiary/aromatic N) is 4. The van der Waals surface area contributed by atoms with Crippen molar-refractivity contribution < 1.29 is 0 Å². The first kappa shape index (κ1) is 26.9. The molecule has 0 saturated carbocycles. The van der Waals surface area contributed by atoms with Crippen molar-refractivity contribution in [2.45, 2.75) is 42.0 Å². The molecule has 2 atom stereocenters. The van der Waals surface area contributed by atoms with E-state index >= 15 is 0 Å². The van der Waals surface area contributed by atoms with E-state index in [2.05, 4.69) is 69.1 Å². The van der Waals surface area contributed by atoms with Crippen LogP contribution in [0.1, 0.15) is 36.4 Å². The van der Waals surface area contributed by atoms with Crippen LogP contribution in [0.3, 0.4) is 0 Å². The van der Waals surface area contributed by atoms with E-state index in [1.807, 2.05) is 44.5 Å². The average Bonchev–Trinajstić information content (AvgIpc) is 3.24. The molecule has 2 unspecified atom stereocenters. The molecule has 0 N–H and O–H groups in total. The number of hydrogen-bond donors (Lipinski definition) is 0. The molecule has 0 aliphatic heterocycles. The zero-order chi connectivity index (χ0) is 25.7. The number of rotatable bonds is 8. The van der Waals surface area contributed by atoms with Crippen LogP contribution in [0, 0.1) is 0 Å². The highest BCUT2D eigenvalue weighted by molar-refractivity contribution is 7.99. The molecule has 0 spiro atoms. The first-order chi connectivity index (χ1) is 17.4. The molecule has 0 bridgehead atoms. The number of thioether (sulfide) groups is 1. The summed E-state index contributed by atoms with van der Waals surface area (Å²) in [6.07, 6.45) is 10.5. The van der Waals surface area contributed by atoms with Crippen molar-refractivity contribution in [3.8, 4) is 5.69 Å². The first-order valence-corrected chi connectivity index (χ1v) is 14.0. The van der Waals surface area contributed by atoms with Crippen molar-refractivity contribution in [3.63, 3.8) is 0 Å². The second kappa shape index (κ2) is 12.4. The number of aryl methyl sites for hydroxylation is 1. The van der Waals surface area contributed by atoms with Gasteiger partial charge in [0.05, 0.1) is 10.6 Å². The number of benzene rings is 2. The van der Waals surface area contributed by atoms with Gasteiger partial charge in [-0.3, -0.25) is 4.57 Å². The highest BCUT2D eigenvalue weighted by Gasteiger charge is 2.24. The van der Waals surface area contributed by atoms with Crippen molar-refractivity contribution >= 4 is 52.3 Å². The molecule has 1 heterocycles. The Balaban J connectivity index is 1.79. The highest BCUT2D eigenvalue weighted by atomic mass is 35.5. The normalized spacial score (nSPS) is 19.0. The van der Waals surface area contributed by atoms with Crippen LogP contribution < -0.4 is 4.90 Å². The van der Waals surface area contributed by atoms with E-state index in [0.717, 1.165) is 52.8 Å². The highest BCUT2D eigenvalue weighted by Crippen LogP contribution is 2.43. The van der Waals surface area contributed by atoms with Crippen molar-refractivity contribution in [3.05, 3.63) is 99.9 Å². The summed E-state index contributed by atoms with van der Waals surface area (Å²) in [5, 5.41) is 11.1. The molecule has 36 heavy (non-hydrogen) atoms. The van der Waals surface area contributed by atoms with Crippen LogP contribution in [0.15, 0.2) is 88.6 Å². The number of anilines is 1. The Morgan fingerprint density at radius 2 is 1.78 bits per heavy atom. The van der Waals surface area contributed by atoms with E-state index in [-0.39, 0.29) is 10.6 Å². The lowest BCUT2D eigenvalue weighted by Crippen LogP contribution is -2.09. The SMILES string of the molecule is CCCc1nnc(SC(/C2=C/C(Cl)=CC(Cl)/C=C\C2)c2ccc(Cl)cc2)n1-c1ccc(N(C)C)cc1. The second-order valence-electron chi connectivity index (χ2n) is 8.79. The van der Waals surface area contributed by atoms with E-state index in [9.17, 15) is 0 Å². The van der Waals surface area contributed by atoms with Crippen LogP contribution >= 0.6 is 46.6 Å². The fraction of sp³-hybridized carbons (Fsp3) is 0.286. The van der Waals surface area contributed by atoms with E-state index in [0.29, 0.717) is 10.1 Å². The molecule has 4 rings (SSSR count). The minimum Gasteiger partial charge on any atom is -0.378 e. The van der Waals surface area contributed by atoms with E-state index in [1.54, 1.807) is 11.8 Å². The van der Waals surface area contributed by atoms with Gasteiger partial charge >= 0.3 is 0 Å². The van der Waals surface area contributed by atoms with Gasteiger partial charge in [-0.15, -0.1) is 21.8 Å². The molecule has 0 radical (unpaired) electrons. The van der Waals surface area contributed by atoms with Crippen LogP contribution in [0.25, 0.3) is 5.69 Å². The molecule has 8 heteroatoms. The van der Waals surface area contributed by atoms with Crippen molar-refractivity contribution in [1.29, 1.82) is 0 Å². The molecule has 0 amide bonds. The average molecular weight is 560 g/mol. The van der Waals surface area contributed by atoms with Gasteiger partial charge in [-0.25, -0.2) is 0 Å². The van der Waals surface area contributed by atoms with Crippen LogP contribution in [0.5, 0.6) is 0 Å². The van der Waals surface area contributed by atoms with Gasteiger partial charge in [0, 0.05) is 41.9 Å². The number of allylic oxidation sites excluding steroid dienone is 5. The summed E-state index contributed by atoms with van der Waals surface area (Å²) in [4.78, 5) is 2.09. The Morgan fingerprint density at radius 3 is 2.44 bits per heavy atom. The zero-order valence-corrected chi connectivity index (χ0v) is 23.6. The predicted octanol–water partition coefficient (Wildman–Crippen LogP) is 8.39. The molecule has 0 saturated heterocycles. The molecule has 1 aliphatic rings. The minimum absolute atomic E-state index is 0.0422.